The number of carbonyl (C=O) groups is 2. The summed E-state index contributed by atoms with van der Waals surface area (Å²) in [5.74, 6) is -0.782. The Morgan fingerprint density at radius 1 is 1.19 bits per heavy atom. The fourth-order valence-corrected chi connectivity index (χ4v) is 3.26. The maximum atomic E-state index is 12.8. The van der Waals surface area contributed by atoms with E-state index in [4.69, 9.17) is 20.8 Å². The number of esters is 1. The van der Waals surface area contributed by atoms with E-state index in [-0.39, 0.29) is 11.3 Å². The first-order chi connectivity index (χ1) is 14.9. The molecule has 3 heterocycles. The summed E-state index contributed by atoms with van der Waals surface area (Å²) in [5, 5.41) is 10.1. The molecular formula is C21H17ClN4O5. The van der Waals surface area contributed by atoms with Crippen molar-refractivity contribution < 1.29 is 18.7 Å². The standard InChI is InChI=1S/C21H17ClN4O5/c1-25-19(27)9-8-15(23-25)21(29)31-12-20(28)26-17(18-3-2-10-30-18)11-16(24-26)13-4-6-14(22)7-5-13/h2-10,17H,11-12H2,1H3. The van der Waals surface area contributed by atoms with E-state index in [1.807, 2.05) is 12.1 Å². The van der Waals surface area contributed by atoms with Crippen molar-refractivity contribution in [2.45, 2.75) is 12.5 Å². The number of hydrazone groups is 1. The number of furan rings is 1. The van der Waals surface area contributed by atoms with Crippen LogP contribution in [-0.4, -0.2) is 39.0 Å². The third-order valence-electron chi connectivity index (χ3n) is 4.71. The van der Waals surface area contributed by atoms with Crippen molar-refractivity contribution in [3.05, 3.63) is 87.2 Å². The lowest BCUT2D eigenvalue weighted by atomic mass is 10.0. The number of carbonyl (C=O) groups excluding carboxylic acids is 2. The first kappa shape index (κ1) is 20.5. The largest absolute Gasteiger partial charge is 0.467 e. The smallest absolute Gasteiger partial charge is 0.359 e. The Morgan fingerprint density at radius 3 is 2.65 bits per heavy atom. The molecule has 0 saturated heterocycles. The molecule has 1 aliphatic rings. The molecule has 2 aromatic heterocycles. The summed E-state index contributed by atoms with van der Waals surface area (Å²) in [6, 6.07) is 12.6. The van der Waals surface area contributed by atoms with Gasteiger partial charge in [0.15, 0.2) is 12.3 Å². The molecule has 0 aliphatic carbocycles. The molecule has 158 valence electrons. The molecule has 1 atom stereocenters. The van der Waals surface area contributed by atoms with Gasteiger partial charge in [0.2, 0.25) is 0 Å². The van der Waals surface area contributed by atoms with Gasteiger partial charge in [0, 0.05) is 24.6 Å². The highest BCUT2D eigenvalue weighted by molar-refractivity contribution is 6.30. The molecule has 0 spiro atoms. The van der Waals surface area contributed by atoms with Crippen molar-refractivity contribution >= 4 is 29.2 Å². The van der Waals surface area contributed by atoms with Gasteiger partial charge in [-0.2, -0.15) is 10.2 Å². The highest BCUT2D eigenvalue weighted by atomic mass is 35.5. The molecule has 4 rings (SSSR count). The molecule has 31 heavy (non-hydrogen) atoms. The molecule has 1 aliphatic heterocycles. The maximum absolute atomic E-state index is 12.8. The number of benzene rings is 1. The van der Waals surface area contributed by atoms with Crippen molar-refractivity contribution in [2.75, 3.05) is 6.61 Å². The zero-order valence-corrected chi connectivity index (χ0v) is 17.2. The molecule has 0 bridgehead atoms. The first-order valence-corrected chi connectivity index (χ1v) is 9.70. The molecule has 0 radical (unpaired) electrons. The Hall–Kier alpha value is -3.72. The average Bonchev–Trinajstić information content (AvgIpc) is 3.44. The number of aromatic nitrogens is 2. The van der Waals surface area contributed by atoms with Crippen LogP contribution in [0.4, 0.5) is 0 Å². The summed E-state index contributed by atoms with van der Waals surface area (Å²) >= 11 is 5.96. The summed E-state index contributed by atoms with van der Waals surface area (Å²) in [4.78, 5) is 36.5. The van der Waals surface area contributed by atoms with Gasteiger partial charge in [-0.15, -0.1) is 0 Å². The minimum atomic E-state index is -0.820. The van der Waals surface area contributed by atoms with Crippen molar-refractivity contribution in [1.29, 1.82) is 0 Å². The van der Waals surface area contributed by atoms with Crippen LogP contribution >= 0.6 is 11.6 Å². The topological polar surface area (TPSA) is 107 Å². The van der Waals surface area contributed by atoms with Gasteiger partial charge in [-0.25, -0.2) is 14.5 Å². The van der Waals surface area contributed by atoms with Crippen LogP contribution in [0.25, 0.3) is 0 Å². The fourth-order valence-electron chi connectivity index (χ4n) is 3.14. The molecule has 1 amide bonds. The van der Waals surface area contributed by atoms with Gasteiger partial charge in [0.25, 0.3) is 11.5 Å². The minimum Gasteiger partial charge on any atom is -0.467 e. The number of nitrogens with zero attached hydrogens (tertiary/aromatic N) is 4. The van der Waals surface area contributed by atoms with Crippen molar-refractivity contribution in [3.63, 3.8) is 0 Å². The van der Waals surface area contributed by atoms with Crippen LogP contribution in [0.1, 0.15) is 34.3 Å². The highest BCUT2D eigenvalue weighted by Gasteiger charge is 2.35. The lowest BCUT2D eigenvalue weighted by Gasteiger charge is -2.19. The Bertz CT molecular complexity index is 1200. The zero-order chi connectivity index (χ0) is 22.0. The number of aryl methyl sites for hydroxylation is 1. The quantitative estimate of drug-likeness (QED) is 0.564. The van der Waals surface area contributed by atoms with E-state index in [0.717, 1.165) is 10.2 Å². The molecule has 10 heteroatoms. The van der Waals surface area contributed by atoms with Gasteiger partial charge in [-0.05, 0) is 35.9 Å². The first-order valence-electron chi connectivity index (χ1n) is 9.33. The number of hydrogen-bond acceptors (Lipinski definition) is 7. The SMILES string of the molecule is Cn1nc(C(=O)OCC(=O)N2N=C(c3ccc(Cl)cc3)CC2c2ccco2)ccc1=O. The molecule has 1 unspecified atom stereocenters. The molecule has 0 fully saturated rings. The molecule has 0 N–H and O–H groups in total. The summed E-state index contributed by atoms with van der Waals surface area (Å²) in [5.41, 5.74) is 1.06. The molecule has 0 saturated carbocycles. The van der Waals surface area contributed by atoms with Crippen molar-refractivity contribution in [1.82, 2.24) is 14.8 Å². The molecule has 3 aromatic rings. The predicted molar refractivity (Wildman–Crippen MR) is 111 cm³/mol. The number of rotatable bonds is 5. The van der Waals surface area contributed by atoms with Crippen LogP contribution in [0.15, 0.2) is 69.1 Å². The minimum absolute atomic E-state index is 0.0794. The lowest BCUT2D eigenvalue weighted by Crippen LogP contribution is -2.31. The third-order valence-corrected chi connectivity index (χ3v) is 4.96. The average molecular weight is 441 g/mol. The Balaban J connectivity index is 1.51. The lowest BCUT2D eigenvalue weighted by molar-refractivity contribution is -0.136. The highest BCUT2D eigenvalue weighted by Crippen LogP contribution is 2.33. The van der Waals surface area contributed by atoms with Gasteiger partial charge in [-0.1, -0.05) is 23.7 Å². The van der Waals surface area contributed by atoms with Crippen molar-refractivity contribution in [2.24, 2.45) is 12.1 Å². The van der Waals surface area contributed by atoms with E-state index in [9.17, 15) is 14.4 Å². The van der Waals surface area contributed by atoms with E-state index >= 15 is 0 Å². The summed E-state index contributed by atoms with van der Waals surface area (Å²) in [6.07, 6.45) is 1.95. The van der Waals surface area contributed by atoms with E-state index in [0.29, 0.717) is 22.9 Å². The van der Waals surface area contributed by atoms with Gasteiger partial charge in [0.1, 0.15) is 11.8 Å². The summed E-state index contributed by atoms with van der Waals surface area (Å²) in [7, 11) is 1.41. The maximum Gasteiger partial charge on any atom is 0.359 e. The number of amides is 1. The van der Waals surface area contributed by atoms with Crippen LogP contribution in [-0.2, 0) is 16.6 Å². The van der Waals surface area contributed by atoms with E-state index < -0.39 is 24.5 Å². The summed E-state index contributed by atoms with van der Waals surface area (Å²) in [6.45, 7) is -0.544. The number of ether oxygens (including phenoxy) is 1. The van der Waals surface area contributed by atoms with Gasteiger partial charge in [0.05, 0.1) is 12.0 Å². The van der Waals surface area contributed by atoms with Gasteiger partial charge >= 0.3 is 5.97 Å². The number of halogens is 1. The molecule has 9 nitrogen and oxygen atoms in total. The Morgan fingerprint density at radius 2 is 1.97 bits per heavy atom. The second-order valence-corrected chi connectivity index (χ2v) is 7.22. The third kappa shape index (κ3) is 4.41. The zero-order valence-electron chi connectivity index (χ0n) is 16.4. The van der Waals surface area contributed by atoms with Crippen LogP contribution < -0.4 is 5.56 Å². The second kappa shape index (κ2) is 8.57. The van der Waals surface area contributed by atoms with Crippen LogP contribution in [0.5, 0.6) is 0 Å². The summed E-state index contributed by atoms with van der Waals surface area (Å²) < 4.78 is 11.6. The molecular weight excluding hydrogens is 424 g/mol. The fraction of sp³-hybridized carbons (Fsp3) is 0.190. The Kier molecular flexibility index (Phi) is 5.68. The van der Waals surface area contributed by atoms with E-state index in [1.54, 1.807) is 24.3 Å². The van der Waals surface area contributed by atoms with Gasteiger partial charge in [-0.3, -0.25) is 9.59 Å². The van der Waals surface area contributed by atoms with Gasteiger partial charge < -0.3 is 9.15 Å². The van der Waals surface area contributed by atoms with Crippen LogP contribution in [0.3, 0.4) is 0 Å². The normalized spacial score (nSPS) is 15.6. The Labute approximate surface area is 181 Å². The predicted octanol–water partition coefficient (Wildman–Crippen LogP) is 2.56. The number of hydrogen-bond donors (Lipinski definition) is 0. The van der Waals surface area contributed by atoms with E-state index in [2.05, 4.69) is 10.2 Å². The van der Waals surface area contributed by atoms with E-state index in [1.165, 1.54) is 30.5 Å². The van der Waals surface area contributed by atoms with Crippen LogP contribution in [0, 0.1) is 0 Å². The van der Waals surface area contributed by atoms with Crippen LogP contribution in [0.2, 0.25) is 5.02 Å². The second-order valence-electron chi connectivity index (χ2n) is 6.78. The molecule has 1 aromatic carbocycles. The monoisotopic (exact) mass is 440 g/mol. The van der Waals surface area contributed by atoms with Crippen molar-refractivity contribution in [3.8, 4) is 0 Å².